The summed E-state index contributed by atoms with van der Waals surface area (Å²) in [6.07, 6.45) is 68.4. The van der Waals surface area contributed by atoms with Gasteiger partial charge in [-0.1, -0.05) is 268 Å². The summed E-state index contributed by atoms with van der Waals surface area (Å²) in [5.41, 5.74) is 0. The van der Waals surface area contributed by atoms with Crippen molar-refractivity contribution in [3.63, 3.8) is 0 Å². The van der Waals surface area contributed by atoms with Gasteiger partial charge in [-0.25, -0.2) is 0 Å². The van der Waals surface area contributed by atoms with E-state index >= 15 is 0 Å². The van der Waals surface area contributed by atoms with Crippen LogP contribution in [0.25, 0.3) is 0 Å². The van der Waals surface area contributed by atoms with Crippen molar-refractivity contribution in [2.75, 3.05) is 19.8 Å². The Bertz CT molecular complexity index is 1060. The van der Waals surface area contributed by atoms with Gasteiger partial charge in [0.1, 0.15) is 6.61 Å². The zero-order chi connectivity index (χ0) is 46.3. The molecule has 0 fully saturated rings. The molecule has 0 aromatic heterocycles. The van der Waals surface area contributed by atoms with E-state index < -0.39 is 6.10 Å². The molecule has 0 saturated carbocycles. The number of hydrogen-bond donors (Lipinski definition) is 0. The molecule has 1 atom stereocenters. The van der Waals surface area contributed by atoms with Gasteiger partial charge in [0.05, 0.1) is 6.61 Å². The highest BCUT2D eigenvalue weighted by Crippen LogP contribution is 2.16. The monoisotopic (exact) mass is 897 g/mol. The Morgan fingerprint density at radius 1 is 0.359 bits per heavy atom. The van der Waals surface area contributed by atoms with Crippen LogP contribution in [0.3, 0.4) is 0 Å². The topological polar surface area (TPSA) is 61.8 Å². The van der Waals surface area contributed by atoms with Gasteiger partial charge in [0.15, 0.2) is 6.10 Å². The molecule has 0 aliphatic carbocycles. The van der Waals surface area contributed by atoms with Gasteiger partial charge >= 0.3 is 11.9 Å². The first-order valence-electron chi connectivity index (χ1n) is 28.2. The average molecular weight is 898 g/mol. The molecule has 0 bridgehead atoms. The second-order valence-electron chi connectivity index (χ2n) is 18.8. The first kappa shape index (κ1) is 61.9. The van der Waals surface area contributed by atoms with Gasteiger partial charge < -0.3 is 14.2 Å². The molecule has 0 heterocycles. The molecule has 0 aliphatic rings. The van der Waals surface area contributed by atoms with E-state index in [0.717, 1.165) is 70.6 Å². The minimum atomic E-state index is -0.542. The van der Waals surface area contributed by atoms with Crippen LogP contribution in [0.4, 0.5) is 0 Å². The van der Waals surface area contributed by atoms with Crippen molar-refractivity contribution in [3.05, 3.63) is 48.6 Å². The first-order valence-corrected chi connectivity index (χ1v) is 28.2. The van der Waals surface area contributed by atoms with Gasteiger partial charge in [-0.3, -0.25) is 9.59 Å². The molecule has 5 nitrogen and oxygen atoms in total. The lowest BCUT2D eigenvalue weighted by Gasteiger charge is -2.18. The van der Waals surface area contributed by atoms with Crippen molar-refractivity contribution < 1.29 is 23.8 Å². The van der Waals surface area contributed by atoms with Gasteiger partial charge in [-0.15, -0.1) is 0 Å². The predicted octanol–water partition coefficient (Wildman–Crippen LogP) is 19.1. The fraction of sp³-hybridized carbons (Fsp3) is 0.831. The van der Waals surface area contributed by atoms with Crippen LogP contribution in [-0.2, 0) is 23.8 Å². The predicted molar refractivity (Wildman–Crippen MR) is 279 cm³/mol. The summed E-state index contributed by atoms with van der Waals surface area (Å²) in [6, 6.07) is 0. The Labute approximate surface area is 399 Å². The lowest BCUT2D eigenvalue weighted by Crippen LogP contribution is -2.30. The third kappa shape index (κ3) is 52.5. The second kappa shape index (κ2) is 55.2. The van der Waals surface area contributed by atoms with Crippen molar-refractivity contribution in [2.24, 2.45) is 0 Å². The van der Waals surface area contributed by atoms with Crippen LogP contribution in [0.5, 0.6) is 0 Å². The maximum absolute atomic E-state index is 12.8. The smallest absolute Gasteiger partial charge is 0.306 e. The maximum atomic E-state index is 12.8. The summed E-state index contributed by atoms with van der Waals surface area (Å²) < 4.78 is 17.5. The van der Waals surface area contributed by atoms with Crippen LogP contribution >= 0.6 is 0 Å². The van der Waals surface area contributed by atoms with E-state index in [2.05, 4.69) is 69.4 Å². The minimum Gasteiger partial charge on any atom is -0.462 e. The largest absolute Gasteiger partial charge is 0.462 e. The second-order valence-corrected chi connectivity index (χ2v) is 18.8. The molecule has 0 spiro atoms. The Kier molecular flexibility index (Phi) is 53.3. The van der Waals surface area contributed by atoms with Crippen LogP contribution in [0.1, 0.15) is 290 Å². The first-order chi connectivity index (χ1) is 31.6. The zero-order valence-corrected chi connectivity index (χ0v) is 43.1. The quantitative estimate of drug-likeness (QED) is 0.0346. The van der Waals surface area contributed by atoms with E-state index in [1.54, 1.807) is 0 Å². The molecule has 0 aromatic carbocycles. The van der Waals surface area contributed by atoms with Crippen LogP contribution in [0, 0.1) is 0 Å². The Hall–Kier alpha value is -2.14. The van der Waals surface area contributed by atoms with Gasteiger partial charge in [0.25, 0.3) is 0 Å². The highest BCUT2D eigenvalue weighted by molar-refractivity contribution is 5.70. The molecule has 0 radical (unpaired) electrons. The normalized spacial score (nSPS) is 12.5. The number of carbonyl (C=O) groups excluding carboxylic acids is 2. The summed E-state index contributed by atoms with van der Waals surface area (Å²) in [4.78, 5) is 25.5. The van der Waals surface area contributed by atoms with Crippen molar-refractivity contribution in [3.8, 4) is 0 Å². The molecule has 1 unspecified atom stereocenters. The summed E-state index contributed by atoms with van der Waals surface area (Å²) in [6.45, 7) is 7.73. The lowest BCUT2D eigenvalue weighted by atomic mass is 10.0. The van der Waals surface area contributed by atoms with Crippen molar-refractivity contribution in [1.82, 2.24) is 0 Å². The summed E-state index contributed by atoms with van der Waals surface area (Å²) in [7, 11) is 0. The van der Waals surface area contributed by atoms with Gasteiger partial charge in [-0.2, -0.15) is 0 Å². The highest BCUT2D eigenvalue weighted by Gasteiger charge is 2.17. The Morgan fingerprint density at radius 3 is 1.12 bits per heavy atom. The fourth-order valence-electron chi connectivity index (χ4n) is 8.21. The number of allylic oxidation sites excluding steroid dienone is 8. The zero-order valence-electron chi connectivity index (χ0n) is 43.1. The van der Waals surface area contributed by atoms with Crippen molar-refractivity contribution >= 4 is 11.9 Å². The third-order valence-electron chi connectivity index (χ3n) is 12.4. The summed E-state index contributed by atoms with van der Waals surface area (Å²) in [5.74, 6) is -0.390. The number of rotatable bonds is 52. The van der Waals surface area contributed by atoms with E-state index in [0.29, 0.717) is 19.4 Å². The van der Waals surface area contributed by atoms with Crippen LogP contribution in [0.2, 0.25) is 0 Å². The lowest BCUT2D eigenvalue weighted by molar-refractivity contribution is -0.163. The maximum Gasteiger partial charge on any atom is 0.306 e. The van der Waals surface area contributed by atoms with Crippen LogP contribution in [-0.4, -0.2) is 37.9 Å². The summed E-state index contributed by atoms with van der Waals surface area (Å²) in [5, 5.41) is 0. The average Bonchev–Trinajstić information content (AvgIpc) is 3.30. The minimum absolute atomic E-state index is 0.0828. The highest BCUT2D eigenvalue weighted by atomic mass is 16.6. The van der Waals surface area contributed by atoms with E-state index in [-0.39, 0.29) is 25.2 Å². The Balaban J connectivity index is 4.27. The number of carbonyl (C=O) groups is 2. The standard InChI is InChI=1S/C59H108O5/c1-4-7-10-13-16-19-22-25-28-29-30-33-36-39-42-45-48-51-54-62-55-57(64-59(61)53-50-47-44-41-38-35-32-27-24-21-18-15-12-9-6-3)56-63-58(60)52-49-46-43-40-37-34-31-26-23-20-17-14-11-8-5-2/h7,10,16,19,25,28,30,33,57H,4-6,8-9,11-15,17-18,20-24,26-27,29,31-32,34-56H2,1-3H3/b10-7-,19-16-,28-25-,33-30-. The number of unbranched alkanes of at least 4 members (excludes halogenated alkanes) is 33. The van der Waals surface area contributed by atoms with Crippen molar-refractivity contribution in [2.45, 2.75) is 297 Å². The number of esters is 2. The molecule has 64 heavy (non-hydrogen) atoms. The Morgan fingerprint density at radius 2 is 0.703 bits per heavy atom. The van der Waals surface area contributed by atoms with Gasteiger partial charge in [0, 0.05) is 19.4 Å². The third-order valence-corrected chi connectivity index (χ3v) is 12.4. The molecule has 0 aliphatic heterocycles. The molecule has 0 N–H and O–H groups in total. The van der Waals surface area contributed by atoms with Crippen molar-refractivity contribution in [1.29, 1.82) is 0 Å². The SMILES string of the molecule is CC/C=C\C/C=C\C/C=C\C/C=C\CCCCCCCOCC(COC(=O)CCCCCCCCCCCCCCCCC)OC(=O)CCCCCCCCCCCCCCCCC. The molecule has 0 saturated heterocycles. The van der Waals surface area contributed by atoms with Gasteiger partial charge in [-0.05, 0) is 57.8 Å². The van der Waals surface area contributed by atoms with Crippen LogP contribution in [0.15, 0.2) is 48.6 Å². The van der Waals surface area contributed by atoms with E-state index in [9.17, 15) is 9.59 Å². The molecule has 0 rings (SSSR count). The van der Waals surface area contributed by atoms with Gasteiger partial charge in [0.2, 0.25) is 0 Å². The molecular weight excluding hydrogens is 789 g/mol. The van der Waals surface area contributed by atoms with E-state index in [4.69, 9.17) is 14.2 Å². The van der Waals surface area contributed by atoms with E-state index in [1.165, 1.54) is 186 Å². The molecular formula is C59H108O5. The molecule has 0 amide bonds. The number of ether oxygens (including phenoxy) is 3. The van der Waals surface area contributed by atoms with Crippen LogP contribution < -0.4 is 0 Å². The molecule has 0 aromatic rings. The number of hydrogen-bond acceptors (Lipinski definition) is 5. The summed E-state index contributed by atoms with van der Waals surface area (Å²) >= 11 is 0. The molecule has 374 valence electrons. The fourth-order valence-corrected chi connectivity index (χ4v) is 8.21. The molecule has 5 heteroatoms. The van der Waals surface area contributed by atoms with E-state index in [1.807, 2.05) is 0 Å².